The first-order valence-electron chi connectivity index (χ1n) is 7.29. The van der Waals surface area contributed by atoms with Gasteiger partial charge in [-0.15, -0.1) is 0 Å². The second-order valence-corrected chi connectivity index (χ2v) is 6.79. The topological polar surface area (TPSA) is 23.5 Å². The fourth-order valence-electron chi connectivity index (χ4n) is 5.17. The highest BCUT2D eigenvalue weighted by Crippen LogP contribution is 2.57. The van der Waals surface area contributed by atoms with E-state index in [0.717, 1.165) is 23.4 Å². The zero-order valence-corrected chi connectivity index (χ0v) is 10.8. The molecule has 0 saturated heterocycles. The largest absolute Gasteiger partial charge is 0.288 e. The van der Waals surface area contributed by atoms with Crippen molar-refractivity contribution in [1.29, 1.82) is 0 Å². The van der Waals surface area contributed by atoms with Gasteiger partial charge < -0.3 is 0 Å². The molecule has 4 fully saturated rings. The molecule has 0 amide bonds. The summed E-state index contributed by atoms with van der Waals surface area (Å²) in [5.74, 6) is 2.61. The van der Waals surface area contributed by atoms with Gasteiger partial charge in [-0.1, -0.05) is 18.2 Å². The maximum Gasteiger partial charge on any atom is 0.0679 e. The summed E-state index contributed by atoms with van der Waals surface area (Å²) in [6, 6.07) is 10.1. The minimum Gasteiger partial charge on any atom is -0.288 e. The highest BCUT2D eigenvalue weighted by Gasteiger charge is 2.53. The SMILES string of the molecule is ON(c1ccccc1)C12CC3CC(CC(C3)C1)C2. The highest BCUT2D eigenvalue weighted by atomic mass is 16.5. The number of nitrogens with zero attached hydrogens (tertiary/aromatic N) is 1. The van der Waals surface area contributed by atoms with E-state index in [1.54, 1.807) is 5.06 Å². The van der Waals surface area contributed by atoms with Gasteiger partial charge in [0.2, 0.25) is 0 Å². The summed E-state index contributed by atoms with van der Waals surface area (Å²) < 4.78 is 0. The van der Waals surface area contributed by atoms with Crippen molar-refractivity contribution in [2.24, 2.45) is 17.8 Å². The van der Waals surface area contributed by atoms with Crippen LogP contribution in [0.3, 0.4) is 0 Å². The second kappa shape index (κ2) is 3.74. The van der Waals surface area contributed by atoms with Gasteiger partial charge in [-0.05, 0) is 68.4 Å². The molecular weight excluding hydrogens is 222 g/mol. The first kappa shape index (κ1) is 10.9. The third kappa shape index (κ3) is 1.51. The van der Waals surface area contributed by atoms with Crippen LogP contribution in [-0.4, -0.2) is 10.7 Å². The Balaban J connectivity index is 1.67. The van der Waals surface area contributed by atoms with E-state index in [-0.39, 0.29) is 5.54 Å². The lowest BCUT2D eigenvalue weighted by Gasteiger charge is -2.59. The molecule has 4 aliphatic rings. The number of para-hydroxylation sites is 1. The van der Waals surface area contributed by atoms with Crippen LogP contribution in [0.5, 0.6) is 0 Å². The quantitative estimate of drug-likeness (QED) is 0.797. The summed E-state index contributed by atoms with van der Waals surface area (Å²) in [6.07, 6.45) is 7.85. The molecule has 0 heterocycles. The summed E-state index contributed by atoms with van der Waals surface area (Å²) in [7, 11) is 0. The zero-order valence-electron chi connectivity index (χ0n) is 10.8. The van der Waals surface area contributed by atoms with Gasteiger partial charge in [0.1, 0.15) is 0 Å². The summed E-state index contributed by atoms with van der Waals surface area (Å²) in [4.78, 5) is 0. The fourth-order valence-corrected chi connectivity index (χ4v) is 5.17. The Morgan fingerprint density at radius 2 is 1.39 bits per heavy atom. The van der Waals surface area contributed by atoms with Crippen molar-refractivity contribution in [3.05, 3.63) is 30.3 Å². The molecule has 0 unspecified atom stereocenters. The van der Waals surface area contributed by atoms with Crippen molar-refractivity contribution >= 4 is 5.69 Å². The maximum absolute atomic E-state index is 10.7. The Morgan fingerprint density at radius 3 is 1.89 bits per heavy atom. The molecule has 5 rings (SSSR count). The lowest BCUT2D eigenvalue weighted by atomic mass is 9.53. The molecule has 96 valence electrons. The molecule has 2 nitrogen and oxygen atoms in total. The number of hydrogen-bond donors (Lipinski definition) is 1. The van der Waals surface area contributed by atoms with Gasteiger partial charge in [0, 0.05) is 0 Å². The maximum atomic E-state index is 10.7. The van der Waals surface area contributed by atoms with E-state index in [4.69, 9.17) is 0 Å². The summed E-state index contributed by atoms with van der Waals surface area (Å²) in [6.45, 7) is 0. The molecule has 0 spiro atoms. The Morgan fingerprint density at radius 1 is 0.889 bits per heavy atom. The second-order valence-electron chi connectivity index (χ2n) is 6.79. The third-order valence-electron chi connectivity index (χ3n) is 5.46. The van der Waals surface area contributed by atoms with Crippen molar-refractivity contribution in [2.75, 3.05) is 5.06 Å². The third-order valence-corrected chi connectivity index (χ3v) is 5.46. The monoisotopic (exact) mass is 243 g/mol. The summed E-state index contributed by atoms with van der Waals surface area (Å²) in [5, 5.41) is 12.3. The fraction of sp³-hybridized carbons (Fsp3) is 0.625. The van der Waals surface area contributed by atoms with Crippen LogP contribution in [0.1, 0.15) is 38.5 Å². The van der Waals surface area contributed by atoms with Crippen LogP contribution in [0.2, 0.25) is 0 Å². The Kier molecular flexibility index (Phi) is 2.25. The Hall–Kier alpha value is -1.02. The van der Waals surface area contributed by atoms with Gasteiger partial charge >= 0.3 is 0 Å². The standard InChI is InChI=1S/C16H21NO/c18-17(15-4-2-1-3-5-15)16-9-12-6-13(10-16)8-14(7-12)11-16/h1-5,12-14,18H,6-11H2. The first-order chi connectivity index (χ1) is 8.75. The highest BCUT2D eigenvalue weighted by molar-refractivity contribution is 5.46. The van der Waals surface area contributed by atoms with Gasteiger partial charge in [0.05, 0.1) is 11.2 Å². The van der Waals surface area contributed by atoms with Crippen LogP contribution in [-0.2, 0) is 0 Å². The average Bonchev–Trinajstić information content (AvgIpc) is 2.37. The number of hydrogen-bond acceptors (Lipinski definition) is 2. The molecule has 0 atom stereocenters. The Bertz CT molecular complexity index is 406. The van der Waals surface area contributed by atoms with Gasteiger partial charge in [-0.2, -0.15) is 0 Å². The molecule has 0 aliphatic heterocycles. The van der Waals surface area contributed by atoms with Crippen LogP contribution >= 0.6 is 0 Å². The van der Waals surface area contributed by atoms with Crippen LogP contribution in [0, 0.1) is 17.8 Å². The molecule has 1 aromatic rings. The van der Waals surface area contributed by atoms with Crippen molar-refractivity contribution in [1.82, 2.24) is 0 Å². The van der Waals surface area contributed by atoms with Crippen LogP contribution < -0.4 is 5.06 Å². The van der Waals surface area contributed by atoms with E-state index in [1.807, 2.05) is 30.3 Å². The minimum atomic E-state index is 0.0517. The molecule has 0 radical (unpaired) electrons. The number of benzene rings is 1. The predicted octanol–water partition coefficient (Wildman–Crippen LogP) is 3.85. The molecule has 4 bridgehead atoms. The van der Waals surface area contributed by atoms with E-state index in [0.29, 0.717) is 0 Å². The summed E-state index contributed by atoms with van der Waals surface area (Å²) in [5.41, 5.74) is 1.02. The van der Waals surface area contributed by atoms with Gasteiger partial charge in [0.25, 0.3) is 0 Å². The van der Waals surface area contributed by atoms with Crippen LogP contribution in [0.15, 0.2) is 30.3 Å². The molecule has 1 aromatic carbocycles. The van der Waals surface area contributed by atoms with E-state index in [1.165, 1.54) is 38.5 Å². The van der Waals surface area contributed by atoms with E-state index in [2.05, 4.69) is 0 Å². The molecule has 0 aromatic heterocycles. The average molecular weight is 243 g/mol. The molecule has 4 saturated carbocycles. The summed E-state index contributed by atoms with van der Waals surface area (Å²) >= 11 is 0. The van der Waals surface area contributed by atoms with Crippen molar-refractivity contribution in [3.8, 4) is 0 Å². The van der Waals surface area contributed by atoms with Crippen LogP contribution in [0.25, 0.3) is 0 Å². The molecule has 1 N–H and O–H groups in total. The van der Waals surface area contributed by atoms with Gasteiger partial charge in [0.15, 0.2) is 0 Å². The van der Waals surface area contributed by atoms with Crippen LogP contribution in [0.4, 0.5) is 5.69 Å². The molecule has 4 aliphatic carbocycles. The molecule has 18 heavy (non-hydrogen) atoms. The lowest BCUT2D eigenvalue weighted by molar-refractivity contribution is -0.0421. The van der Waals surface area contributed by atoms with Gasteiger partial charge in [-0.25, -0.2) is 0 Å². The lowest BCUT2D eigenvalue weighted by Crippen LogP contribution is -2.59. The zero-order chi connectivity index (χ0) is 12.2. The van der Waals surface area contributed by atoms with E-state index in [9.17, 15) is 5.21 Å². The molecular formula is C16H21NO. The van der Waals surface area contributed by atoms with E-state index < -0.39 is 0 Å². The van der Waals surface area contributed by atoms with Gasteiger partial charge in [-0.3, -0.25) is 10.3 Å². The van der Waals surface area contributed by atoms with Crippen molar-refractivity contribution in [2.45, 2.75) is 44.1 Å². The number of hydroxylamine groups is 1. The minimum absolute atomic E-state index is 0.0517. The first-order valence-corrected chi connectivity index (χ1v) is 7.29. The number of anilines is 1. The predicted molar refractivity (Wildman–Crippen MR) is 71.6 cm³/mol. The molecule has 2 heteroatoms. The smallest absolute Gasteiger partial charge is 0.0679 e. The van der Waals surface area contributed by atoms with E-state index >= 15 is 0 Å². The number of rotatable bonds is 2. The van der Waals surface area contributed by atoms with Crippen molar-refractivity contribution < 1.29 is 5.21 Å². The Labute approximate surface area is 109 Å². The van der Waals surface area contributed by atoms with Crippen molar-refractivity contribution in [3.63, 3.8) is 0 Å². The normalized spacial score (nSPS) is 41.1.